The molecule has 0 bridgehead atoms. The number of fused-ring (bicyclic) bond motifs is 2. The van der Waals surface area contributed by atoms with Crippen LogP contribution in [0.25, 0.3) is 5.65 Å². The van der Waals surface area contributed by atoms with Crippen molar-refractivity contribution >= 4 is 63.4 Å². The molecular weight excluding hydrogens is 552 g/mol. The first kappa shape index (κ1) is 26.3. The summed E-state index contributed by atoms with van der Waals surface area (Å²) in [5.74, 6) is -2.01. The van der Waals surface area contributed by atoms with Gasteiger partial charge in [-0.15, -0.1) is 11.8 Å². The number of nitrogen functional groups attached to an aromatic ring is 1. The van der Waals surface area contributed by atoms with Gasteiger partial charge in [-0.05, 0) is 6.07 Å². The molecule has 1 saturated heterocycles. The molecule has 16 nitrogen and oxygen atoms in total. The normalized spacial score (nSPS) is 19.1. The second kappa shape index (κ2) is 10.8. The first-order valence-electron chi connectivity index (χ1n) is 11.3. The molecular formula is C21H22N10O6S2. The van der Waals surface area contributed by atoms with Crippen molar-refractivity contribution < 1.29 is 33.6 Å². The number of carbonyl (C=O) groups is 3. The van der Waals surface area contributed by atoms with E-state index in [-0.39, 0.29) is 35.7 Å². The first-order chi connectivity index (χ1) is 18.8. The van der Waals surface area contributed by atoms with Crippen LogP contribution >= 0.6 is 23.3 Å². The Morgan fingerprint density at radius 2 is 2.21 bits per heavy atom. The van der Waals surface area contributed by atoms with Crippen LogP contribution in [0.15, 0.2) is 41.0 Å². The second-order valence-electron chi connectivity index (χ2n) is 8.23. The average molecular weight is 575 g/mol. The molecule has 0 saturated carbocycles. The van der Waals surface area contributed by atoms with Crippen molar-refractivity contribution in [1.29, 1.82) is 0 Å². The summed E-state index contributed by atoms with van der Waals surface area (Å²) in [6, 6.07) is 2.62. The number of anilines is 2. The smallest absolute Gasteiger partial charge is 0.307 e. The van der Waals surface area contributed by atoms with Crippen LogP contribution in [0.5, 0.6) is 0 Å². The van der Waals surface area contributed by atoms with E-state index in [2.05, 4.69) is 30.2 Å². The van der Waals surface area contributed by atoms with E-state index in [0.29, 0.717) is 17.1 Å². The highest BCUT2D eigenvalue weighted by Crippen LogP contribution is 2.40. The summed E-state index contributed by atoms with van der Waals surface area (Å²) in [5.41, 5.74) is 6.31. The summed E-state index contributed by atoms with van der Waals surface area (Å²) >= 11 is 2.17. The molecule has 1 fully saturated rings. The number of carboxylic acid groups (broad SMARTS) is 1. The molecule has 2 aliphatic rings. The third-order valence-electron chi connectivity index (χ3n) is 5.86. The molecule has 2 aliphatic heterocycles. The molecule has 204 valence electrons. The van der Waals surface area contributed by atoms with Crippen LogP contribution in [0.2, 0.25) is 0 Å². The Bertz CT molecular complexity index is 1520. The number of nitrogens with zero attached hydrogens (tertiary/aromatic N) is 7. The van der Waals surface area contributed by atoms with Gasteiger partial charge in [0.15, 0.2) is 17.1 Å². The van der Waals surface area contributed by atoms with Gasteiger partial charge in [0.05, 0.1) is 11.7 Å². The monoisotopic (exact) mass is 574 g/mol. The highest BCUT2D eigenvalue weighted by molar-refractivity contribution is 8.00. The van der Waals surface area contributed by atoms with Gasteiger partial charge in [0.1, 0.15) is 24.2 Å². The molecule has 5 heterocycles. The molecule has 39 heavy (non-hydrogen) atoms. The molecule has 5 rings (SSSR count). The van der Waals surface area contributed by atoms with E-state index in [0.717, 1.165) is 22.1 Å². The van der Waals surface area contributed by atoms with E-state index in [1.165, 1.54) is 18.9 Å². The van der Waals surface area contributed by atoms with Crippen molar-refractivity contribution in [3.05, 3.63) is 41.6 Å². The zero-order valence-electron chi connectivity index (χ0n) is 20.6. The Kier molecular flexibility index (Phi) is 7.31. The molecule has 0 aromatic carbocycles. The van der Waals surface area contributed by atoms with Crippen molar-refractivity contribution in [2.24, 2.45) is 5.16 Å². The number of nitrogens with two attached hydrogens (primary N) is 1. The van der Waals surface area contributed by atoms with Crippen molar-refractivity contribution in [1.82, 2.24) is 29.2 Å². The predicted octanol–water partition coefficient (Wildman–Crippen LogP) is -2.47. The molecule has 2 atom stereocenters. The number of rotatable bonds is 10. The summed E-state index contributed by atoms with van der Waals surface area (Å²) in [6.07, 6.45) is 3.51. The number of carbonyl (C=O) groups excluding carboxylic acids is 3. The number of ether oxygens (including phenoxy) is 1. The van der Waals surface area contributed by atoms with Crippen LogP contribution in [0.3, 0.4) is 0 Å². The zero-order chi connectivity index (χ0) is 27.7. The number of methoxy groups -OCH3 is 1. The molecule has 0 radical (unpaired) electrons. The van der Waals surface area contributed by atoms with E-state index in [1.807, 2.05) is 10.6 Å². The van der Waals surface area contributed by atoms with Gasteiger partial charge in [0.25, 0.3) is 11.8 Å². The Morgan fingerprint density at radius 3 is 2.90 bits per heavy atom. The molecule has 3 aromatic heterocycles. The number of carboxylic acids is 1. The molecule has 4 N–H and O–H groups in total. The van der Waals surface area contributed by atoms with Gasteiger partial charge in [-0.25, -0.2) is 4.57 Å². The summed E-state index contributed by atoms with van der Waals surface area (Å²) in [7, 11) is 3.13. The molecule has 2 amide bonds. The standard InChI is InChI=1S/C21H22N10O6S2/c1-23-11-3-4-12-29(5-6-30(12)26-11)7-10-8-38-19-14(18(33)31(19)15(10)20(34)35)24-17(32)13(27-37-9-36-2)16-25-21(22)39-28-16/h3-6,14,19H,7-9H2,1-2H3,(H4-,22,23,24,25,26,28,32,34,35)/b27-13-/t14-,19-/m1/s1. The summed E-state index contributed by atoms with van der Waals surface area (Å²) < 4.78 is 12.2. The van der Waals surface area contributed by atoms with Crippen molar-refractivity contribution in [3.63, 3.8) is 0 Å². The lowest BCUT2D eigenvalue weighted by atomic mass is 10.0. The van der Waals surface area contributed by atoms with E-state index in [9.17, 15) is 19.5 Å². The van der Waals surface area contributed by atoms with E-state index >= 15 is 0 Å². The molecule has 18 heteroatoms. The third kappa shape index (κ3) is 4.95. The quantitative estimate of drug-likeness (QED) is 0.0575. The fourth-order valence-electron chi connectivity index (χ4n) is 4.12. The number of thioether (sulfide) groups is 1. The van der Waals surface area contributed by atoms with Crippen molar-refractivity contribution in [2.45, 2.75) is 18.0 Å². The lowest BCUT2D eigenvalue weighted by Gasteiger charge is -2.50. The second-order valence-corrected chi connectivity index (χ2v) is 10.1. The molecule has 3 aromatic rings. The van der Waals surface area contributed by atoms with Gasteiger partial charge in [0.2, 0.25) is 18.3 Å². The van der Waals surface area contributed by atoms with Gasteiger partial charge in [0, 0.05) is 43.1 Å². The number of aliphatic carboxylic acids is 1. The molecule has 0 spiro atoms. The highest BCUT2D eigenvalue weighted by Gasteiger charge is 2.53. The van der Waals surface area contributed by atoms with Crippen LogP contribution < -0.4 is 26.0 Å². The number of nitrogens with one attached hydrogen (secondary N) is 2. The Balaban J connectivity index is 1.36. The minimum Gasteiger partial charge on any atom is -0.543 e. The molecule has 0 unspecified atom stereocenters. The van der Waals surface area contributed by atoms with Gasteiger partial charge in [-0.1, -0.05) is 14.8 Å². The minimum absolute atomic E-state index is 0.0863. The number of hydrogen-bond donors (Lipinski definition) is 3. The predicted molar refractivity (Wildman–Crippen MR) is 136 cm³/mol. The first-order valence-corrected chi connectivity index (χ1v) is 13.2. The van der Waals surface area contributed by atoms with Gasteiger partial charge < -0.3 is 35.8 Å². The summed E-state index contributed by atoms with van der Waals surface area (Å²) in [5, 5.41) is 25.3. The van der Waals surface area contributed by atoms with Crippen LogP contribution in [0.1, 0.15) is 5.82 Å². The van der Waals surface area contributed by atoms with E-state index < -0.39 is 29.2 Å². The van der Waals surface area contributed by atoms with E-state index in [4.69, 9.17) is 15.3 Å². The maximum absolute atomic E-state index is 13.1. The maximum Gasteiger partial charge on any atom is 0.307 e. The Morgan fingerprint density at radius 1 is 1.38 bits per heavy atom. The van der Waals surface area contributed by atoms with E-state index in [1.54, 1.807) is 30.0 Å². The molecule has 0 aliphatic carbocycles. The largest absolute Gasteiger partial charge is 0.543 e. The van der Waals surface area contributed by atoms with Crippen LogP contribution in [0.4, 0.5) is 10.9 Å². The highest BCUT2D eigenvalue weighted by atomic mass is 32.2. The lowest BCUT2D eigenvalue weighted by molar-refractivity contribution is -0.662. The maximum atomic E-state index is 13.1. The minimum atomic E-state index is -1.48. The van der Waals surface area contributed by atoms with Crippen LogP contribution in [-0.2, 0) is 30.5 Å². The van der Waals surface area contributed by atoms with Gasteiger partial charge in [-0.3, -0.25) is 14.5 Å². The number of aromatic nitrogens is 5. The van der Waals surface area contributed by atoms with Crippen molar-refractivity contribution in [2.75, 3.05) is 37.8 Å². The SMILES string of the molecule is CNc1ccc2n(cc[n+]2CC2=C(C(=O)[O-])N3C(=O)[C@@H](NC(=O)/C(=N\OCOC)c4nsc(N)n4)[C@H]3SC2)n1. The van der Waals surface area contributed by atoms with Crippen LogP contribution in [0, 0.1) is 0 Å². The number of hydrogen-bond acceptors (Lipinski definition) is 14. The fraction of sp³-hybridized carbons (Fsp3) is 0.333. The summed E-state index contributed by atoms with van der Waals surface area (Å²) in [4.78, 5) is 48.3. The van der Waals surface area contributed by atoms with Crippen molar-refractivity contribution in [3.8, 4) is 0 Å². The van der Waals surface area contributed by atoms with Gasteiger partial charge in [-0.2, -0.15) is 9.36 Å². The van der Waals surface area contributed by atoms with Crippen LogP contribution in [-0.4, -0.2) is 85.5 Å². The number of β-lactam (4-membered cyclic amide) rings is 1. The zero-order valence-corrected chi connectivity index (χ0v) is 22.2. The number of imidazole rings is 1. The third-order valence-corrected chi connectivity index (χ3v) is 7.74. The number of amides is 2. The Hall–Kier alpha value is -4.29. The van der Waals surface area contributed by atoms with Gasteiger partial charge >= 0.3 is 5.65 Å². The summed E-state index contributed by atoms with van der Waals surface area (Å²) in [6.45, 7) is -0.0407. The Labute approximate surface area is 228 Å². The number of oxime groups is 1. The topological polar surface area (TPSA) is 205 Å². The fourth-order valence-corrected chi connectivity index (χ4v) is 5.89. The average Bonchev–Trinajstić information content (AvgIpc) is 3.54. The lowest BCUT2D eigenvalue weighted by Crippen LogP contribution is -2.71.